The molecule has 72 valence electrons. The van der Waals surface area contributed by atoms with Crippen LogP contribution in [0.2, 0.25) is 0 Å². The third kappa shape index (κ3) is 2.68. The molecule has 13 heavy (non-hydrogen) atoms. The Morgan fingerprint density at radius 2 is 2.31 bits per heavy atom. The summed E-state index contributed by atoms with van der Waals surface area (Å²) in [4.78, 5) is 2.38. The number of rotatable bonds is 4. The lowest BCUT2D eigenvalue weighted by atomic mass is 10.1. The SMILES string of the molecule is C=CCCC(O)c1cc(C)c(C)s1. The zero-order chi connectivity index (χ0) is 9.84. The summed E-state index contributed by atoms with van der Waals surface area (Å²) in [5, 5.41) is 9.75. The zero-order valence-electron chi connectivity index (χ0n) is 8.21. The molecule has 0 bridgehead atoms. The minimum absolute atomic E-state index is 0.310. The summed E-state index contributed by atoms with van der Waals surface area (Å²) in [5.74, 6) is 0. The van der Waals surface area contributed by atoms with E-state index in [2.05, 4.69) is 26.5 Å². The van der Waals surface area contributed by atoms with Crippen LogP contribution in [0.1, 0.15) is 34.3 Å². The van der Waals surface area contributed by atoms with Gasteiger partial charge in [-0.05, 0) is 38.3 Å². The van der Waals surface area contributed by atoms with Crippen molar-refractivity contribution in [1.29, 1.82) is 0 Å². The lowest BCUT2D eigenvalue weighted by Crippen LogP contribution is -1.92. The van der Waals surface area contributed by atoms with Crippen LogP contribution in [0, 0.1) is 13.8 Å². The second kappa shape index (κ2) is 4.58. The van der Waals surface area contributed by atoms with Crippen LogP contribution in [0.3, 0.4) is 0 Å². The predicted molar refractivity (Wildman–Crippen MR) is 58.2 cm³/mol. The molecule has 0 aromatic carbocycles. The van der Waals surface area contributed by atoms with Crippen LogP contribution in [-0.4, -0.2) is 5.11 Å². The van der Waals surface area contributed by atoms with E-state index >= 15 is 0 Å². The van der Waals surface area contributed by atoms with Gasteiger partial charge in [0.1, 0.15) is 0 Å². The van der Waals surface area contributed by atoms with Gasteiger partial charge in [-0.1, -0.05) is 6.08 Å². The van der Waals surface area contributed by atoms with E-state index in [9.17, 15) is 5.11 Å². The minimum atomic E-state index is -0.310. The molecular weight excluding hydrogens is 180 g/mol. The van der Waals surface area contributed by atoms with Gasteiger partial charge in [0.15, 0.2) is 0 Å². The number of hydrogen-bond donors (Lipinski definition) is 1. The molecule has 1 heterocycles. The number of aliphatic hydroxyl groups is 1. The Morgan fingerprint density at radius 3 is 2.77 bits per heavy atom. The number of hydrogen-bond acceptors (Lipinski definition) is 2. The van der Waals surface area contributed by atoms with Crippen LogP contribution < -0.4 is 0 Å². The molecule has 1 unspecified atom stereocenters. The fourth-order valence-corrected chi connectivity index (χ4v) is 2.25. The minimum Gasteiger partial charge on any atom is -0.388 e. The smallest absolute Gasteiger partial charge is 0.0885 e. The summed E-state index contributed by atoms with van der Waals surface area (Å²) in [6, 6.07) is 2.08. The lowest BCUT2D eigenvalue weighted by Gasteiger charge is -2.05. The molecule has 2 heteroatoms. The molecule has 1 aromatic rings. The molecule has 0 saturated carbocycles. The molecule has 1 aromatic heterocycles. The Morgan fingerprint density at radius 1 is 1.62 bits per heavy atom. The van der Waals surface area contributed by atoms with Crippen LogP contribution in [0.25, 0.3) is 0 Å². The molecule has 0 aliphatic rings. The van der Waals surface area contributed by atoms with Crippen molar-refractivity contribution in [2.24, 2.45) is 0 Å². The first-order chi connectivity index (χ1) is 6.15. The third-order valence-corrected chi connectivity index (χ3v) is 3.41. The molecule has 1 rings (SSSR count). The zero-order valence-corrected chi connectivity index (χ0v) is 9.03. The van der Waals surface area contributed by atoms with Crippen LogP contribution >= 0.6 is 11.3 Å². The van der Waals surface area contributed by atoms with Gasteiger partial charge in [-0.15, -0.1) is 17.9 Å². The normalized spacial score (nSPS) is 12.8. The van der Waals surface area contributed by atoms with Gasteiger partial charge >= 0.3 is 0 Å². The van der Waals surface area contributed by atoms with E-state index in [1.54, 1.807) is 11.3 Å². The first kappa shape index (κ1) is 10.5. The van der Waals surface area contributed by atoms with Gasteiger partial charge in [0, 0.05) is 9.75 Å². The number of thiophene rings is 1. The number of allylic oxidation sites excluding steroid dienone is 1. The molecule has 0 radical (unpaired) electrons. The van der Waals surface area contributed by atoms with Crippen molar-refractivity contribution in [3.05, 3.63) is 34.0 Å². The molecule has 0 fully saturated rings. The molecule has 0 amide bonds. The van der Waals surface area contributed by atoms with Gasteiger partial charge in [-0.3, -0.25) is 0 Å². The van der Waals surface area contributed by atoms with Gasteiger partial charge in [0.2, 0.25) is 0 Å². The fourth-order valence-electron chi connectivity index (χ4n) is 1.18. The van der Waals surface area contributed by atoms with Crippen LogP contribution in [0.4, 0.5) is 0 Å². The molecule has 0 spiro atoms. The maximum Gasteiger partial charge on any atom is 0.0885 e. The quantitative estimate of drug-likeness (QED) is 0.732. The average molecular weight is 196 g/mol. The second-order valence-corrected chi connectivity index (χ2v) is 4.56. The molecule has 0 aliphatic carbocycles. The average Bonchev–Trinajstić information content (AvgIpc) is 2.43. The Bertz CT molecular complexity index is 269. The van der Waals surface area contributed by atoms with Gasteiger partial charge < -0.3 is 5.11 Å². The Balaban J connectivity index is 2.65. The maximum atomic E-state index is 9.75. The van der Waals surface area contributed by atoms with Crippen molar-refractivity contribution in [2.75, 3.05) is 0 Å². The summed E-state index contributed by atoms with van der Waals surface area (Å²) in [7, 11) is 0. The van der Waals surface area contributed by atoms with E-state index in [0.717, 1.165) is 17.7 Å². The van der Waals surface area contributed by atoms with Crippen molar-refractivity contribution in [2.45, 2.75) is 32.8 Å². The molecule has 0 aliphatic heterocycles. The summed E-state index contributed by atoms with van der Waals surface area (Å²) >= 11 is 1.69. The largest absolute Gasteiger partial charge is 0.388 e. The van der Waals surface area contributed by atoms with Crippen molar-refractivity contribution in [3.63, 3.8) is 0 Å². The number of aryl methyl sites for hydroxylation is 2. The predicted octanol–water partition coefficient (Wildman–Crippen LogP) is 3.36. The highest BCUT2D eigenvalue weighted by atomic mass is 32.1. The van der Waals surface area contributed by atoms with Gasteiger partial charge in [0.25, 0.3) is 0 Å². The van der Waals surface area contributed by atoms with E-state index in [4.69, 9.17) is 0 Å². The van der Waals surface area contributed by atoms with Gasteiger partial charge in [-0.25, -0.2) is 0 Å². The molecule has 1 atom stereocenters. The third-order valence-electron chi connectivity index (χ3n) is 2.16. The summed E-state index contributed by atoms with van der Waals surface area (Å²) in [6.07, 6.45) is 3.19. The first-order valence-corrected chi connectivity index (χ1v) is 5.32. The maximum absolute atomic E-state index is 9.75. The molecule has 1 N–H and O–H groups in total. The lowest BCUT2D eigenvalue weighted by molar-refractivity contribution is 0.172. The van der Waals surface area contributed by atoms with E-state index < -0.39 is 0 Å². The topological polar surface area (TPSA) is 20.2 Å². The van der Waals surface area contributed by atoms with E-state index in [0.29, 0.717) is 0 Å². The summed E-state index contributed by atoms with van der Waals surface area (Å²) in [6.45, 7) is 7.81. The van der Waals surface area contributed by atoms with Crippen molar-refractivity contribution in [3.8, 4) is 0 Å². The molecule has 1 nitrogen and oxygen atoms in total. The Hall–Kier alpha value is -0.600. The molecule has 0 saturated heterocycles. The monoisotopic (exact) mass is 196 g/mol. The summed E-state index contributed by atoms with van der Waals surface area (Å²) in [5.41, 5.74) is 1.28. The molecular formula is C11H16OS. The highest BCUT2D eigenvalue weighted by Crippen LogP contribution is 2.28. The van der Waals surface area contributed by atoms with Crippen LogP contribution in [0.5, 0.6) is 0 Å². The van der Waals surface area contributed by atoms with Gasteiger partial charge in [0.05, 0.1) is 6.10 Å². The number of aliphatic hydroxyl groups excluding tert-OH is 1. The Labute approximate surface area is 83.7 Å². The van der Waals surface area contributed by atoms with Gasteiger partial charge in [-0.2, -0.15) is 0 Å². The standard InChI is InChI=1S/C11H16OS/c1-4-5-6-10(12)11-7-8(2)9(3)13-11/h4,7,10,12H,1,5-6H2,2-3H3. The van der Waals surface area contributed by atoms with Crippen LogP contribution in [0.15, 0.2) is 18.7 Å². The van der Waals surface area contributed by atoms with E-state index in [1.807, 2.05) is 6.08 Å². The van der Waals surface area contributed by atoms with Crippen molar-refractivity contribution >= 4 is 11.3 Å². The fraction of sp³-hybridized carbons (Fsp3) is 0.455. The van der Waals surface area contributed by atoms with Crippen molar-refractivity contribution < 1.29 is 5.11 Å². The van der Waals surface area contributed by atoms with E-state index in [-0.39, 0.29) is 6.10 Å². The highest BCUT2D eigenvalue weighted by molar-refractivity contribution is 7.12. The van der Waals surface area contributed by atoms with Crippen molar-refractivity contribution in [1.82, 2.24) is 0 Å². The first-order valence-electron chi connectivity index (χ1n) is 4.51. The highest BCUT2D eigenvalue weighted by Gasteiger charge is 2.10. The summed E-state index contributed by atoms with van der Waals surface area (Å²) < 4.78 is 0. The van der Waals surface area contributed by atoms with E-state index in [1.165, 1.54) is 10.4 Å². The Kier molecular flexibility index (Phi) is 3.70. The van der Waals surface area contributed by atoms with Crippen LogP contribution in [-0.2, 0) is 0 Å². The second-order valence-electron chi connectivity index (χ2n) is 3.27.